The SMILES string of the molecule is O=C(CCC(=O)OS)OS.[GaH3]. The first kappa shape index (κ1) is 13.8. The second-order valence-corrected chi connectivity index (χ2v) is 1.79. The molecule has 0 aromatic carbocycles. The molecule has 0 rings (SSSR count). The van der Waals surface area contributed by atoms with Gasteiger partial charge < -0.3 is 8.37 Å². The van der Waals surface area contributed by atoms with Gasteiger partial charge in [0.05, 0.1) is 12.8 Å². The molecule has 4 nitrogen and oxygen atoms in total. The minimum absolute atomic E-state index is 0. The molecule has 0 aromatic heterocycles. The van der Waals surface area contributed by atoms with Crippen molar-refractivity contribution in [1.82, 2.24) is 0 Å². The van der Waals surface area contributed by atoms with Crippen LogP contribution in [0.1, 0.15) is 12.8 Å². The summed E-state index contributed by atoms with van der Waals surface area (Å²) in [6.45, 7) is 0. The van der Waals surface area contributed by atoms with Crippen LogP contribution in [0.4, 0.5) is 0 Å². The van der Waals surface area contributed by atoms with Gasteiger partial charge in [-0.15, -0.1) is 0 Å². The van der Waals surface area contributed by atoms with Gasteiger partial charge in [0, 0.05) is 25.8 Å². The fraction of sp³-hybridized carbons (Fsp3) is 0.500. The van der Waals surface area contributed by atoms with Gasteiger partial charge in [-0.3, -0.25) is 9.59 Å². The van der Waals surface area contributed by atoms with Crippen molar-refractivity contribution >= 4 is 57.5 Å². The Kier molecular flexibility index (Phi) is 10.5. The summed E-state index contributed by atoms with van der Waals surface area (Å²) < 4.78 is 7.94. The second-order valence-electron chi connectivity index (χ2n) is 1.43. The third-order valence-corrected chi connectivity index (χ3v) is 1.14. The second kappa shape index (κ2) is 8.37. The normalized spacial score (nSPS) is 7.82. The van der Waals surface area contributed by atoms with Crippen LogP contribution in [-0.4, -0.2) is 31.7 Å². The van der Waals surface area contributed by atoms with E-state index in [0.717, 1.165) is 0 Å². The van der Waals surface area contributed by atoms with E-state index >= 15 is 0 Å². The summed E-state index contributed by atoms with van der Waals surface area (Å²) in [4.78, 5) is 20.6. The maximum atomic E-state index is 10.3. The van der Waals surface area contributed by atoms with E-state index in [4.69, 9.17) is 0 Å². The van der Waals surface area contributed by atoms with Gasteiger partial charge in [-0.2, -0.15) is 0 Å². The van der Waals surface area contributed by atoms with Gasteiger partial charge in [-0.05, 0) is 0 Å². The third kappa shape index (κ3) is 8.18. The molecule has 0 aliphatic rings. The maximum absolute atomic E-state index is 10.3. The molecule has 0 saturated heterocycles. The first-order valence-electron chi connectivity index (χ1n) is 2.39. The molecule has 0 bridgehead atoms. The molecule has 0 radical (unpaired) electrons. The summed E-state index contributed by atoms with van der Waals surface area (Å²) in [6.07, 6.45) is -0.0776. The summed E-state index contributed by atoms with van der Waals surface area (Å²) in [6, 6.07) is 0. The number of hydrogen-bond donors (Lipinski definition) is 2. The molecular weight excluding hydrogens is 246 g/mol. The molecule has 0 fully saturated rings. The molecule has 0 saturated carbocycles. The standard InChI is InChI=1S/C4H6O4S2.Ga.3H/c5-3(7-9)1-2-4(6)8-10;;;;/h9-10H,1-2H2;;;;. The van der Waals surface area contributed by atoms with Gasteiger partial charge in [-0.25, -0.2) is 0 Å². The zero-order valence-electron chi connectivity index (χ0n) is 4.94. The molecular formula is C4H9GaO4S2. The van der Waals surface area contributed by atoms with Gasteiger partial charge in [0.15, 0.2) is 0 Å². The van der Waals surface area contributed by atoms with Gasteiger partial charge in [0.1, 0.15) is 0 Å². The van der Waals surface area contributed by atoms with Crippen LogP contribution in [0.3, 0.4) is 0 Å². The first-order chi connectivity index (χ1) is 4.70. The summed E-state index contributed by atoms with van der Waals surface area (Å²) in [5, 5.41) is 0. The van der Waals surface area contributed by atoms with Gasteiger partial charge >= 0.3 is 31.7 Å². The molecule has 0 atom stereocenters. The molecule has 0 heterocycles. The molecule has 0 aliphatic carbocycles. The molecule has 0 aliphatic heterocycles. The van der Waals surface area contributed by atoms with E-state index in [1.807, 2.05) is 0 Å². The van der Waals surface area contributed by atoms with Crippen LogP contribution in [0.2, 0.25) is 0 Å². The van der Waals surface area contributed by atoms with Crippen LogP contribution in [-0.2, 0) is 18.0 Å². The van der Waals surface area contributed by atoms with Crippen molar-refractivity contribution in [2.75, 3.05) is 0 Å². The predicted octanol–water partition coefficient (Wildman–Crippen LogP) is -0.641. The molecule has 0 N–H and O–H groups in total. The van der Waals surface area contributed by atoms with E-state index in [-0.39, 0.29) is 32.6 Å². The Morgan fingerprint density at radius 1 is 1.00 bits per heavy atom. The van der Waals surface area contributed by atoms with E-state index in [1.54, 1.807) is 0 Å². The van der Waals surface area contributed by atoms with E-state index in [2.05, 4.69) is 34.2 Å². The average Bonchev–Trinajstić information content (AvgIpc) is 1.99. The Bertz CT molecular complexity index is 124. The van der Waals surface area contributed by atoms with Crippen molar-refractivity contribution in [2.24, 2.45) is 0 Å². The minimum atomic E-state index is -0.568. The topological polar surface area (TPSA) is 52.6 Å². The van der Waals surface area contributed by atoms with Crippen molar-refractivity contribution in [2.45, 2.75) is 12.8 Å². The number of carbonyl (C=O) groups is 2. The van der Waals surface area contributed by atoms with Crippen LogP contribution < -0.4 is 0 Å². The van der Waals surface area contributed by atoms with Crippen molar-refractivity contribution < 1.29 is 18.0 Å². The zero-order chi connectivity index (χ0) is 7.98. The Labute approximate surface area is 88.3 Å². The van der Waals surface area contributed by atoms with Gasteiger partial charge in [0.25, 0.3) is 0 Å². The van der Waals surface area contributed by atoms with Crippen LogP contribution in [0.15, 0.2) is 0 Å². The van der Waals surface area contributed by atoms with Crippen molar-refractivity contribution in [1.29, 1.82) is 0 Å². The van der Waals surface area contributed by atoms with E-state index in [0.29, 0.717) is 0 Å². The molecule has 0 amide bonds. The number of hydrogen-bond acceptors (Lipinski definition) is 6. The monoisotopic (exact) mass is 254 g/mol. The molecule has 7 heteroatoms. The Hall–Kier alpha value is 0.276. The summed E-state index contributed by atoms with van der Waals surface area (Å²) in [7, 11) is 0. The number of carbonyl (C=O) groups excluding carboxylic acids is 2. The average molecular weight is 255 g/mol. The molecule has 11 heavy (non-hydrogen) atoms. The van der Waals surface area contributed by atoms with Gasteiger partial charge in [-0.1, -0.05) is 0 Å². The van der Waals surface area contributed by atoms with E-state index in [9.17, 15) is 9.59 Å². The summed E-state index contributed by atoms with van der Waals surface area (Å²) >= 11 is 6.45. The zero-order valence-corrected chi connectivity index (χ0v) is 6.73. The Balaban J connectivity index is 0. The summed E-state index contributed by atoms with van der Waals surface area (Å²) in [5.41, 5.74) is 0. The fourth-order valence-corrected chi connectivity index (χ4v) is 0.478. The van der Waals surface area contributed by atoms with Crippen LogP contribution in [0.5, 0.6) is 0 Å². The fourth-order valence-electron chi connectivity index (χ4n) is 0.295. The van der Waals surface area contributed by atoms with Crippen LogP contribution >= 0.6 is 25.8 Å². The Morgan fingerprint density at radius 3 is 1.45 bits per heavy atom. The third-order valence-electron chi connectivity index (χ3n) is 0.737. The number of thiol groups is 2. The quantitative estimate of drug-likeness (QED) is 0.400. The summed E-state index contributed by atoms with van der Waals surface area (Å²) in [5.74, 6) is -1.14. The van der Waals surface area contributed by atoms with Crippen molar-refractivity contribution in [3.63, 3.8) is 0 Å². The molecule has 64 valence electrons. The van der Waals surface area contributed by atoms with Crippen LogP contribution in [0, 0.1) is 0 Å². The molecule has 0 spiro atoms. The predicted molar refractivity (Wildman–Crippen MR) is 49.3 cm³/mol. The van der Waals surface area contributed by atoms with E-state index < -0.39 is 11.9 Å². The van der Waals surface area contributed by atoms with E-state index in [1.165, 1.54) is 0 Å². The van der Waals surface area contributed by atoms with Gasteiger partial charge in [0.2, 0.25) is 0 Å². The molecule has 0 aromatic rings. The first-order valence-corrected chi connectivity index (χ1v) is 3.12. The van der Waals surface area contributed by atoms with Crippen molar-refractivity contribution in [3.8, 4) is 0 Å². The molecule has 0 unspecified atom stereocenters. The number of rotatable bonds is 3. The van der Waals surface area contributed by atoms with Crippen LogP contribution in [0.25, 0.3) is 0 Å². The van der Waals surface area contributed by atoms with Crippen molar-refractivity contribution in [3.05, 3.63) is 0 Å². The Morgan fingerprint density at radius 2 is 1.27 bits per heavy atom.